The van der Waals surface area contributed by atoms with Crippen molar-refractivity contribution < 1.29 is 4.79 Å². The summed E-state index contributed by atoms with van der Waals surface area (Å²) in [6.45, 7) is 12.0. The van der Waals surface area contributed by atoms with E-state index in [1.165, 1.54) is 0 Å². The second-order valence-corrected chi connectivity index (χ2v) is 6.17. The Bertz CT molecular complexity index is 445. The molecule has 0 radical (unpaired) electrons. The molecule has 1 rings (SSSR count). The number of nitrogens with zero attached hydrogens (tertiary/aromatic N) is 1. The van der Waals surface area contributed by atoms with E-state index in [0.29, 0.717) is 11.8 Å². The number of rotatable bonds is 6. The van der Waals surface area contributed by atoms with E-state index in [4.69, 9.17) is 5.84 Å². The van der Waals surface area contributed by atoms with Crippen molar-refractivity contribution in [2.75, 3.05) is 18.5 Å². The highest BCUT2D eigenvalue weighted by molar-refractivity contribution is 5.95. The van der Waals surface area contributed by atoms with Crippen LogP contribution in [0.3, 0.4) is 0 Å². The molecule has 0 bridgehead atoms. The number of anilines is 1. The average Bonchev–Trinajstić information content (AvgIpc) is 2.35. The van der Waals surface area contributed by atoms with Crippen molar-refractivity contribution in [1.29, 1.82) is 0 Å². The zero-order valence-corrected chi connectivity index (χ0v) is 13.2. The Morgan fingerprint density at radius 1 is 1.20 bits per heavy atom. The molecule has 0 saturated carbocycles. The fourth-order valence-electron chi connectivity index (χ4n) is 2.26. The van der Waals surface area contributed by atoms with Crippen LogP contribution in [0, 0.1) is 18.8 Å². The lowest BCUT2D eigenvalue weighted by molar-refractivity contribution is 0.0715. The molecule has 0 heterocycles. The molecule has 1 amide bonds. The van der Waals surface area contributed by atoms with Crippen LogP contribution in [0.4, 0.5) is 5.69 Å². The lowest BCUT2D eigenvalue weighted by Crippen LogP contribution is -2.37. The number of aryl methyl sites for hydroxylation is 1. The molecule has 4 heteroatoms. The first-order valence-corrected chi connectivity index (χ1v) is 7.21. The first kappa shape index (κ1) is 16.5. The maximum Gasteiger partial charge on any atom is 0.253 e. The van der Waals surface area contributed by atoms with Crippen LogP contribution in [0.5, 0.6) is 0 Å². The molecule has 0 aliphatic heterocycles. The van der Waals surface area contributed by atoms with Crippen LogP contribution in [-0.2, 0) is 0 Å². The van der Waals surface area contributed by atoms with Crippen molar-refractivity contribution in [3.8, 4) is 0 Å². The molecule has 112 valence electrons. The van der Waals surface area contributed by atoms with E-state index < -0.39 is 0 Å². The van der Waals surface area contributed by atoms with E-state index in [0.717, 1.165) is 29.9 Å². The Kier molecular flexibility index (Phi) is 6.02. The first-order valence-electron chi connectivity index (χ1n) is 7.21. The number of hydrogen-bond donors (Lipinski definition) is 2. The summed E-state index contributed by atoms with van der Waals surface area (Å²) in [6, 6.07) is 5.58. The molecule has 0 atom stereocenters. The number of benzene rings is 1. The summed E-state index contributed by atoms with van der Waals surface area (Å²) >= 11 is 0. The fourth-order valence-corrected chi connectivity index (χ4v) is 2.26. The maximum absolute atomic E-state index is 12.6. The van der Waals surface area contributed by atoms with Gasteiger partial charge in [-0.2, -0.15) is 0 Å². The number of carbonyl (C=O) groups is 1. The zero-order valence-electron chi connectivity index (χ0n) is 13.2. The first-order chi connectivity index (χ1) is 9.35. The number of hydrazine groups is 1. The number of nitrogens with one attached hydrogen (secondary N) is 1. The highest BCUT2D eigenvalue weighted by atomic mass is 16.2. The van der Waals surface area contributed by atoms with Crippen LogP contribution in [0.25, 0.3) is 0 Å². The predicted octanol–water partition coefficient (Wildman–Crippen LogP) is 3.03. The van der Waals surface area contributed by atoms with E-state index in [-0.39, 0.29) is 5.91 Å². The van der Waals surface area contributed by atoms with Gasteiger partial charge in [0, 0.05) is 18.7 Å². The van der Waals surface area contributed by atoms with Crippen LogP contribution in [0.2, 0.25) is 0 Å². The second-order valence-electron chi connectivity index (χ2n) is 6.17. The minimum Gasteiger partial charge on any atom is -0.338 e. The molecule has 0 fully saturated rings. The summed E-state index contributed by atoms with van der Waals surface area (Å²) < 4.78 is 0. The van der Waals surface area contributed by atoms with Gasteiger partial charge in [0.1, 0.15) is 0 Å². The quantitative estimate of drug-likeness (QED) is 0.620. The van der Waals surface area contributed by atoms with Crippen LogP contribution >= 0.6 is 0 Å². The van der Waals surface area contributed by atoms with Crippen molar-refractivity contribution in [2.45, 2.75) is 34.6 Å². The fraction of sp³-hybridized carbons (Fsp3) is 0.562. The molecular weight excluding hydrogens is 250 g/mol. The Labute approximate surface area is 122 Å². The molecule has 0 spiro atoms. The summed E-state index contributed by atoms with van der Waals surface area (Å²) in [5.74, 6) is 6.44. The molecule has 0 aliphatic rings. The Morgan fingerprint density at radius 3 is 2.15 bits per heavy atom. The molecule has 4 nitrogen and oxygen atoms in total. The molecule has 0 saturated heterocycles. The molecule has 0 aliphatic carbocycles. The van der Waals surface area contributed by atoms with Gasteiger partial charge in [-0.15, -0.1) is 0 Å². The standard InChI is InChI=1S/C16H27N3O/c1-11(2)9-19(10-12(3)4)16(20)14-6-7-15(18-17)13(5)8-14/h6-8,11-12,18H,9-10,17H2,1-5H3. The predicted molar refractivity (Wildman–Crippen MR) is 84.6 cm³/mol. The number of nitrogens with two attached hydrogens (primary N) is 1. The normalized spacial score (nSPS) is 11.0. The summed E-state index contributed by atoms with van der Waals surface area (Å²) in [5, 5.41) is 0. The van der Waals surface area contributed by atoms with Crippen LogP contribution in [0.15, 0.2) is 18.2 Å². The highest BCUT2D eigenvalue weighted by Crippen LogP contribution is 2.17. The number of nitrogen functional groups attached to an aromatic ring is 1. The van der Waals surface area contributed by atoms with Crippen LogP contribution < -0.4 is 11.3 Å². The highest BCUT2D eigenvalue weighted by Gasteiger charge is 2.18. The van der Waals surface area contributed by atoms with Crippen LogP contribution in [0.1, 0.15) is 43.6 Å². The van der Waals surface area contributed by atoms with Gasteiger partial charge in [0.15, 0.2) is 0 Å². The van der Waals surface area contributed by atoms with Crippen molar-refractivity contribution in [3.05, 3.63) is 29.3 Å². The largest absolute Gasteiger partial charge is 0.338 e. The monoisotopic (exact) mass is 277 g/mol. The van der Waals surface area contributed by atoms with Gasteiger partial charge in [0.05, 0.1) is 5.69 Å². The van der Waals surface area contributed by atoms with Gasteiger partial charge in [-0.05, 0) is 42.5 Å². The summed E-state index contributed by atoms with van der Waals surface area (Å²) in [6.07, 6.45) is 0. The van der Waals surface area contributed by atoms with Gasteiger partial charge in [-0.3, -0.25) is 10.6 Å². The third-order valence-corrected chi connectivity index (χ3v) is 3.09. The molecule has 3 N–H and O–H groups in total. The zero-order chi connectivity index (χ0) is 15.3. The van der Waals surface area contributed by atoms with Gasteiger partial charge in [0.25, 0.3) is 5.91 Å². The minimum absolute atomic E-state index is 0.0964. The van der Waals surface area contributed by atoms with Crippen molar-refractivity contribution in [3.63, 3.8) is 0 Å². The van der Waals surface area contributed by atoms with Crippen molar-refractivity contribution in [2.24, 2.45) is 17.7 Å². The van der Waals surface area contributed by atoms with Gasteiger partial charge in [-0.25, -0.2) is 0 Å². The van der Waals surface area contributed by atoms with E-state index in [1.807, 2.05) is 30.0 Å². The Morgan fingerprint density at radius 2 is 1.75 bits per heavy atom. The molecule has 1 aromatic carbocycles. The topological polar surface area (TPSA) is 58.4 Å². The smallest absolute Gasteiger partial charge is 0.253 e. The third kappa shape index (κ3) is 4.53. The van der Waals surface area contributed by atoms with Crippen LogP contribution in [-0.4, -0.2) is 23.9 Å². The Hall–Kier alpha value is -1.55. The summed E-state index contributed by atoms with van der Waals surface area (Å²) in [5.41, 5.74) is 5.18. The van der Waals surface area contributed by atoms with Gasteiger partial charge >= 0.3 is 0 Å². The molecular formula is C16H27N3O. The lowest BCUT2D eigenvalue weighted by Gasteiger charge is -2.26. The van der Waals surface area contributed by atoms with Gasteiger partial charge in [0.2, 0.25) is 0 Å². The SMILES string of the molecule is Cc1cc(C(=O)N(CC(C)C)CC(C)C)ccc1NN. The molecule has 0 aromatic heterocycles. The molecule has 20 heavy (non-hydrogen) atoms. The van der Waals surface area contributed by atoms with Crippen molar-refractivity contribution >= 4 is 11.6 Å². The minimum atomic E-state index is 0.0964. The van der Waals surface area contributed by atoms with E-state index in [9.17, 15) is 4.79 Å². The van der Waals surface area contributed by atoms with E-state index in [1.54, 1.807) is 0 Å². The number of carbonyl (C=O) groups excluding carboxylic acids is 1. The van der Waals surface area contributed by atoms with Gasteiger partial charge < -0.3 is 10.3 Å². The summed E-state index contributed by atoms with van der Waals surface area (Å²) in [7, 11) is 0. The average molecular weight is 277 g/mol. The number of hydrogen-bond acceptors (Lipinski definition) is 3. The van der Waals surface area contributed by atoms with Crippen molar-refractivity contribution in [1.82, 2.24) is 4.90 Å². The lowest BCUT2D eigenvalue weighted by atomic mass is 10.1. The Balaban J connectivity index is 2.96. The number of amides is 1. The summed E-state index contributed by atoms with van der Waals surface area (Å²) in [4.78, 5) is 14.6. The molecule has 1 aromatic rings. The van der Waals surface area contributed by atoms with E-state index in [2.05, 4.69) is 33.1 Å². The third-order valence-electron chi connectivity index (χ3n) is 3.09. The van der Waals surface area contributed by atoms with E-state index >= 15 is 0 Å². The maximum atomic E-state index is 12.6. The molecule has 0 unspecified atom stereocenters. The second kappa shape index (κ2) is 7.29. The van der Waals surface area contributed by atoms with Gasteiger partial charge in [-0.1, -0.05) is 27.7 Å².